The van der Waals surface area contributed by atoms with Crippen LogP contribution in [0.3, 0.4) is 0 Å². The first-order valence-corrected chi connectivity index (χ1v) is 8.91. The average Bonchev–Trinajstić information content (AvgIpc) is 3.10. The van der Waals surface area contributed by atoms with E-state index in [2.05, 4.69) is 20.1 Å². The Morgan fingerprint density at radius 2 is 2.10 bits per heavy atom. The predicted octanol–water partition coefficient (Wildman–Crippen LogP) is 3.53. The Hall–Kier alpha value is -3.32. The number of pyridine rings is 1. The van der Waals surface area contributed by atoms with Gasteiger partial charge in [-0.05, 0) is 25.5 Å². The van der Waals surface area contributed by atoms with E-state index >= 15 is 0 Å². The van der Waals surface area contributed by atoms with Crippen molar-refractivity contribution in [1.82, 2.24) is 20.1 Å². The van der Waals surface area contributed by atoms with Crippen molar-refractivity contribution >= 4 is 28.5 Å². The van der Waals surface area contributed by atoms with Crippen LogP contribution in [0.4, 0.5) is 13.2 Å². The summed E-state index contributed by atoms with van der Waals surface area (Å²) in [4.78, 5) is 16.6. The molecular formula is C19H15ClF3N5O2. The van der Waals surface area contributed by atoms with Gasteiger partial charge in [0.05, 0.1) is 36.5 Å². The van der Waals surface area contributed by atoms with Gasteiger partial charge in [0.15, 0.2) is 17.4 Å². The number of methoxy groups -OCH3 is 1. The van der Waals surface area contributed by atoms with Gasteiger partial charge in [0.25, 0.3) is 5.91 Å². The van der Waals surface area contributed by atoms with Gasteiger partial charge in [-0.2, -0.15) is 14.8 Å². The van der Waals surface area contributed by atoms with Crippen LogP contribution in [0.25, 0.3) is 11.0 Å². The van der Waals surface area contributed by atoms with E-state index in [1.54, 1.807) is 13.1 Å². The van der Waals surface area contributed by atoms with E-state index in [-0.39, 0.29) is 6.54 Å². The minimum atomic E-state index is -1.64. The van der Waals surface area contributed by atoms with Crippen molar-refractivity contribution in [2.45, 2.75) is 25.9 Å². The van der Waals surface area contributed by atoms with E-state index in [0.29, 0.717) is 27.7 Å². The number of rotatable bonds is 5. The average molecular weight is 438 g/mol. The number of ether oxygens (including phenoxy) is 1. The van der Waals surface area contributed by atoms with E-state index < -0.39 is 40.2 Å². The van der Waals surface area contributed by atoms with E-state index in [9.17, 15) is 23.2 Å². The molecule has 1 atom stereocenters. The first-order chi connectivity index (χ1) is 14.1. The van der Waals surface area contributed by atoms with Crippen LogP contribution in [-0.2, 0) is 6.54 Å². The first kappa shape index (κ1) is 21.4. The number of aromatic nitrogens is 3. The topological polar surface area (TPSA) is 92.8 Å². The molecule has 0 aliphatic carbocycles. The van der Waals surface area contributed by atoms with Crippen molar-refractivity contribution in [1.29, 1.82) is 5.26 Å². The zero-order valence-corrected chi connectivity index (χ0v) is 16.8. The highest BCUT2D eigenvalue weighted by Crippen LogP contribution is 2.27. The van der Waals surface area contributed by atoms with Crippen molar-refractivity contribution in [3.8, 4) is 11.8 Å². The smallest absolute Gasteiger partial charge is 0.255 e. The summed E-state index contributed by atoms with van der Waals surface area (Å²) in [6.07, 6.45) is 3.01. The third-order valence-electron chi connectivity index (χ3n) is 4.45. The number of nitrogens with one attached hydrogen (secondary N) is 1. The minimum absolute atomic E-state index is 0.147. The highest BCUT2D eigenvalue weighted by molar-refractivity contribution is 6.31. The van der Waals surface area contributed by atoms with Crippen LogP contribution in [0.2, 0.25) is 5.02 Å². The molecule has 7 nitrogen and oxygen atoms in total. The van der Waals surface area contributed by atoms with Crippen molar-refractivity contribution < 1.29 is 22.7 Å². The third kappa shape index (κ3) is 3.76. The summed E-state index contributed by atoms with van der Waals surface area (Å²) in [6.45, 7) is 2.97. The maximum atomic E-state index is 14.2. The number of fused-ring (bicyclic) bond motifs is 1. The van der Waals surface area contributed by atoms with E-state index in [1.165, 1.54) is 17.8 Å². The Kier molecular flexibility index (Phi) is 5.59. The maximum Gasteiger partial charge on any atom is 0.255 e. The summed E-state index contributed by atoms with van der Waals surface area (Å²) < 4.78 is 47.8. The lowest BCUT2D eigenvalue weighted by Crippen LogP contribution is -2.48. The van der Waals surface area contributed by atoms with E-state index in [1.807, 2.05) is 6.07 Å². The van der Waals surface area contributed by atoms with Crippen LogP contribution in [0.5, 0.6) is 5.75 Å². The predicted molar refractivity (Wildman–Crippen MR) is 102 cm³/mol. The standard InChI is InChI=1S/C19H15ClF3N5O2/c1-9-11(20)5-25-13-6-28(27-16(9)13)8-19(2,7-24)26-18(29)10-4-12(21)17(30-3)15(23)14(10)22/h4-6H,8H2,1-3H3,(H,26,29). The number of carbonyl (C=O) groups excluding carboxylic acids is 1. The molecule has 0 bridgehead atoms. The van der Waals surface area contributed by atoms with Gasteiger partial charge in [-0.3, -0.25) is 14.5 Å². The highest BCUT2D eigenvalue weighted by Gasteiger charge is 2.31. The third-order valence-corrected chi connectivity index (χ3v) is 4.83. The van der Waals surface area contributed by atoms with Gasteiger partial charge in [0.1, 0.15) is 16.6 Å². The van der Waals surface area contributed by atoms with Crippen molar-refractivity contribution in [3.63, 3.8) is 0 Å². The number of benzene rings is 1. The second-order valence-electron chi connectivity index (χ2n) is 6.76. The number of hydrogen-bond acceptors (Lipinski definition) is 5. The lowest BCUT2D eigenvalue weighted by molar-refractivity contribution is 0.0911. The fourth-order valence-corrected chi connectivity index (χ4v) is 3.00. The molecule has 1 aromatic carbocycles. The Bertz CT molecular complexity index is 1210. The summed E-state index contributed by atoms with van der Waals surface area (Å²) >= 11 is 6.03. The van der Waals surface area contributed by atoms with Crippen LogP contribution in [-0.4, -0.2) is 33.3 Å². The van der Waals surface area contributed by atoms with Gasteiger partial charge in [-0.15, -0.1) is 0 Å². The number of nitrogens with zero attached hydrogens (tertiary/aromatic N) is 4. The second-order valence-corrected chi connectivity index (χ2v) is 7.16. The summed E-state index contributed by atoms with van der Waals surface area (Å²) in [5.41, 5.74) is -0.763. The Morgan fingerprint density at radius 1 is 1.40 bits per heavy atom. The molecular weight excluding hydrogens is 423 g/mol. The molecule has 0 radical (unpaired) electrons. The highest BCUT2D eigenvalue weighted by atomic mass is 35.5. The van der Waals surface area contributed by atoms with Crippen molar-refractivity contribution in [3.05, 3.63) is 52.1 Å². The SMILES string of the molecule is COc1c(F)cc(C(=O)NC(C)(C#N)Cn2cc3ncc(Cl)c(C)c3n2)c(F)c1F. The fraction of sp³-hybridized carbons (Fsp3) is 0.263. The second kappa shape index (κ2) is 7.84. The molecule has 0 aliphatic heterocycles. The van der Waals surface area contributed by atoms with Gasteiger partial charge >= 0.3 is 0 Å². The summed E-state index contributed by atoms with van der Waals surface area (Å²) in [7, 11) is 0.964. The van der Waals surface area contributed by atoms with Crippen LogP contribution in [0, 0.1) is 35.7 Å². The molecule has 0 spiro atoms. The van der Waals surface area contributed by atoms with Crippen LogP contribution < -0.4 is 10.1 Å². The lowest BCUT2D eigenvalue weighted by Gasteiger charge is -2.23. The van der Waals surface area contributed by atoms with Gasteiger partial charge < -0.3 is 10.1 Å². The number of carbonyl (C=O) groups is 1. The van der Waals surface area contributed by atoms with Crippen LogP contribution in [0.1, 0.15) is 22.8 Å². The number of aryl methyl sites for hydroxylation is 1. The Balaban J connectivity index is 1.90. The van der Waals surface area contributed by atoms with Crippen LogP contribution >= 0.6 is 11.6 Å². The molecule has 11 heteroatoms. The Morgan fingerprint density at radius 3 is 2.73 bits per heavy atom. The van der Waals surface area contributed by atoms with Gasteiger partial charge in [0, 0.05) is 6.20 Å². The molecule has 3 rings (SSSR count). The molecule has 0 fully saturated rings. The first-order valence-electron chi connectivity index (χ1n) is 8.53. The molecule has 0 aliphatic rings. The zero-order valence-electron chi connectivity index (χ0n) is 16.1. The molecule has 2 heterocycles. The number of amides is 1. The number of nitriles is 1. The molecule has 3 aromatic rings. The fourth-order valence-electron chi connectivity index (χ4n) is 2.87. The minimum Gasteiger partial charge on any atom is -0.491 e. The number of hydrogen-bond donors (Lipinski definition) is 1. The maximum absolute atomic E-state index is 14.2. The lowest BCUT2D eigenvalue weighted by atomic mass is 10.0. The van der Waals surface area contributed by atoms with Crippen molar-refractivity contribution in [2.24, 2.45) is 0 Å². The molecule has 1 N–H and O–H groups in total. The van der Waals surface area contributed by atoms with E-state index in [0.717, 1.165) is 7.11 Å². The molecule has 0 saturated carbocycles. The summed E-state index contributed by atoms with van der Waals surface area (Å²) in [6, 6.07) is 2.40. The monoisotopic (exact) mass is 437 g/mol. The van der Waals surface area contributed by atoms with Crippen molar-refractivity contribution in [2.75, 3.05) is 7.11 Å². The molecule has 30 heavy (non-hydrogen) atoms. The molecule has 0 saturated heterocycles. The van der Waals surface area contributed by atoms with Gasteiger partial charge in [-0.25, -0.2) is 8.78 Å². The normalized spacial score (nSPS) is 13.0. The zero-order chi connectivity index (χ0) is 22.2. The van der Waals surface area contributed by atoms with E-state index in [4.69, 9.17) is 11.6 Å². The summed E-state index contributed by atoms with van der Waals surface area (Å²) in [5, 5.41) is 16.6. The quantitative estimate of drug-likeness (QED) is 0.616. The summed E-state index contributed by atoms with van der Waals surface area (Å²) in [5.74, 6) is -6.61. The number of halogens is 4. The molecule has 1 unspecified atom stereocenters. The Labute approximate surface area is 174 Å². The van der Waals surface area contributed by atoms with Gasteiger partial charge in [-0.1, -0.05) is 11.6 Å². The molecule has 156 valence electrons. The van der Waals surface area contributed by atoms with Crippen LogP contribution in [0.15, 0.2) is 18.5 Å². The van der Waals surface area contributed by atoms with Gasteiger partial charge in [0.2, 0.25) is 5.82 Å². The molecule has 2 aromatic heterocycles. The molecule has 1 amide bonds. The largest absolute Gasteiger partial charge is 0.491 e.